The van der Waals surface area contributed by atoms with Crippen LogP contribution in [0.2, 0.25) is 0 Å². The Morgan fingerprint density at radius 3 is 2.61 bits per heavy atom. The minimum absolute atomic E-state index is 0.610. The van der Waals surface area contributed by atoms with Crippen LogP contribution < -0.4 is 0 Å². The zero-order valence-corrected chi connectivity index (χ0v) is 13.3. The van der Waals surface area contributed by atoms with Gasteiger partial charge < -0.3 is 5.11 Å². The summed E-state index contributed by atoms with van der Waals surface area (Å²) >= 11 is 0. The van der Waals surface area contributed by atoms with Crippen LogP contribution in [0.4, 0.5) is 0 Å². The smallest absolute Gasteiger partial charge is 0.328 e. The minimum atomic E-state index is -0.922. The van der Waals surface area contributed by atoms with Crippen molar-refractivity contribution in [2.24, 2.45) is 0 Å². The molecule has 120 valence electrons. The van der Waals surface area contributed by atoms with E-state index >= 15 is 0 Å². The molecule has 0 unspecified atom stereocenters. The molecule has 1 fully saturated rings. The maximum Gasteiger partial charge on any atom is 0.328 e. The Morgan fingerprint density at radius 2 is 2.04 bits per heavy atom. The molecular formula is C19H22N2O2. The summed E-state index contributed by atoms with van der Waals surface area (Å²) in [7, 11) is 2.19. The molecule has 23 heavy (non-hydrogen) atoms. The second-order valence-corrected chi connectivity index (χ2v) is 5.51. The number of benzene rings is 1. The van der Waals surface area contributed by atoms with Crippen LogP contribution >= 0.6 is 0 Å². The molecule has 0 radical (unpaired) electrons. The second kappa shape index (κ2) is 8.86. The number of hydrogen-bond acceptors (Lipinski definition) is 3. The van der Waals surface area contributed by atoms with Crippen molar-refractivity contribution >= 4 is 12.0 Å². The van der Waals surface area contributed by atoms with Crippen molar-refractivity contribution in [3.8, 4) is 0 Å². The summed E-state index contributed by atoms with van der Waals surface area (Å²) in [6.07, 6.45) is 9.08. The van der Waals surface area contributed by atoms with Gasteiger partial charge in [0.05, 0.1) is 0 Å². The third kappa shape index (κ3) is 5.68. The molecule has 1 aliphatic heterocycles. The van der Waals surface area contributed by atoms with Crippen LogP contribution in [0.5, 0.6) is 0 Å². The second-order valence-electron chi connectivity index (χ2n) is 5.51. The highest BCUT2D eigenvalue weighted by molar-refractivity contribution is 5.85. The van der Waals surface area contributed by atoms with Crippen molar-refractivity contribution in [1.29, 1.82) is 0 Å². The molecule has 1 atom stereocenters. The van der Waals surface area contributed by atoms with Gasteiger partial charge in [0.2, 0.25) is 0 Å². The van der Waals surface area contributed by atoms with Crippen molar-refractivity contribution < 1.29 is 9.90 Å². The van der Waals surface area contributed by atoms with Gasteiger partial charge in [0.1, 0.15) is 0 Å². The fraction of sp³-hybridized carbons (Fsp3) is 0.263. The summed E-state index contributed by atoms with van der Waals surface area (Å²) in [5.41, 5.74) is 2.26. The first kappa shape index (κ1) is 16.9. The van der Waals surface area contributed by atoms with Gasteiger partial charge in [-0.05, 0) is 49.7 Å². The molecule has 2 heterocycles. The summed E-state index contributed by atoms with van der Waals surface area (Å²) in [4.78, 5) is 16.6. The Labute approximate surface area is 137 Å². The number of aliphatic carboxylic acids is 1. The Morgan fingerprint density at radius 1 is 1.26 bits per heavy atom. The van der Waals surface area contributed by atoms with Gasteiger partial charge in [-0.2, -0.15) is 0 Å². The quantitative estimate of drug-likeness (QED) is 0.880. The molecule has 0 saturated carbocycles. The maximum atomic E-state index is 10.1. The number of hydrogen-bond donors (Lipinski definition) is 1. The van der Waals surface area contributed by atoms with Crippen molar-refractivity contribution in [2.45, 2.75) is 18.9 Å². The van der Waals surface area contributed by atoms with Gasteiger partial charge in [-0.3, -0.25) is 9.88 Å². The zero-order valence-electron chi connectivity index (χ0n) is 13.3. The van der Waals surface area contributed by atoms with Crippen LogP contribution in [0.1, 0.15) is 30.0 Å². The minimum Gasteiger partial charge on any atom is -0.478 e. The van der Waals surface area contributed by atoms with Gasteiger partial charge in [0.25, 0.3) is 0 Å². The van der Waals surface area contributed by atoms with Crippen LogP contribution in [0.3, 0.4) is 0 Å². The first-order valence-corrected chi connectivity index (χ1v) is 7.73. The highest BCUT2D eigenvalue weighted by Gasteiger charge is 2.21. The van der Waals surface area contributed by atoms with Gasteiger partial charge in [0, 0.05) is 24.5 Å². The van der Waals surface area contributed by atoms with E-state index in [4.69, 9.17) is 5.11 Å². The summed E-state index contributed by atoms with van der Waals surface area (Å²) in [5, 5.41) is 8.29. The first-order valence-electron chi connectivity index (χ1n) is 7.73. The summed E-state index contributed by atoms with van der Waals surface area (Å²) in [6.45, 7) is 1.22. The van der Waals surface area contributed by atoms with E-state index in [2.05, 4.69) is 23.0 Å². The van der Waals surface area contributed by atoms with E-state index in [1.807, 2.05) is 48.8 Å². The average Bonchev–Trinajstić information content (AvgIpc) is 3.01. The predicted molar refractivity (Wildman–Crippen MR) is 92.0 cm³/mol. The van der Waals surface area contributed by atoms with E-state index in [9.17, 15) is 4.79 Å². The van der Waals surface area contributed by atoms with Gasteiger partial charge in [-0.1, -0.05) is 36.4 Å². The molecule has 1 aromatic heterocycles. The lowest BCUT2D eigenvalue weighted by Gasteiger charge is -2.18. The standard InChI is InChI=1S/C10H14N2.C9H8O2/c1-12-7-3-5-10(12)9-4-2-6-11-8-9;10-9(11)7-6-8-4-2-1-3-5-8/h2,4,6,8,10H,3,5,7H2,1H3;1-7H,(H,10,11)/b;7-6+/t10-;/m0./s1. The van der Waals surface area contributed by atoms with Crippen molar-refractivity contribution in [3.63, 3.8) is 0 Å². The van der Waals surface area contributed by atoms with E-state index in [0.29, 0.717) is 6.04 Å². The Kier molecular flexibility index (Phi) is 6.51. The number of nitrogens with zero attached hydrogens (tertiary/aromatic N) is 2. The largest absolute Gasteiger partial charge is 0.478 e. The van der Waals surface area contributed by atoms with Gasteiger partial charge in [-0.25, -0.2) is 4.79 Å². The molecular weight excluding hydrogens is 288 g/mol. The number of pyridine rings is 1. The number of aromatic nitrogens is 1. The number of carboxylic acid groups (broad SMARTS) is 1. The topological polar surface area (TPSA) is 53.4 Å². The fourth-order valence-electron chi connectivity index (χ4n) is 2.64. The molecule has 0 spiro atoms. The van der Waals surface area contributed by atoms with E-state index in [-0.39, 0.29) is 0 Å². The maximum absolute atomic E-state index is 10.1. The lowest BCUT2D eigenvalue weighted by molar-refractivity contribution is -0.131. The van der Waals surface area contributed by atoms with E-state index in [0.717, 1.165) is 11.6 Å². The number of likely N-dealkylation sites (tertiary alicyclic amines) is 1. The van der Waals surface area contributed by atoms with Gasteiger partial charge in [0.15, 0.2) is 0 Å². The van der Waals surface area contributed by atoms with Crippen molar-refractivity contribution in [2.75, 3.05) is 13.6 Å². The fourth-order valence-corrected chi connectivity index (χ4v) is 2.64. The van der Waals surface area contributed by atoms with Crippen LogP contribution in [0, 0.1) is 0 Å². The van der Waals surface area contributed by atoms with E-state index in [1.165, 1.54) is 24.9 Å². The molecule has 0 amide bonds. The molecule has 1 saturated heterocycles. The number of rotatable bonds is 3. The van der Waals surface area contributed by atoms with E-state index in [1.54, 1.807) is 6.08 Å². The normalized spacial score (nSPS) is 17.7. The van der Waals surface area contributed by atoms with Crippen molar-refractivity contribution in [3.05, 3.63) is 72.1 Å². The Hall–Kier alpha value is -2.46. The molecule has 0 aliphatic carbocycles. The van der Waals surface area contributed by atoms with Crippen LogP contribution in [0.15, 0.2) is 60.9 Å². The summed E-state index contributed by atoms with van der Waals surface area (Å²) in [6, 6.07) is 14.1. The molecule has 2 aromatic rings. The van der Waals surface area contributed by atoms with Gasteiger partial charge in [-0.15, -0.1) is 0 Å². The first-order chi connectivity index (χ1) is 11.2. The highest BCUT2D eigenvalue weighted by Crippen LogP contribution is 2.29. The molecule has 1 aliphatic rings. The zero-order chi connectivity index (χ0) is 16.5. The summed E-state index contributed by atoms with van der Waals surface area (Å²) < 4.78 is 0. The molecule has 1 aromatic carbocycles. The summed E-state index contributed by atoms with van der Waals surface area (Å²) in [5.74, 6) is -0.922. The SMILES string of the molecule is CN1CCC[C@H]1c1cccnc1.O=C(O)/C=C/c1ccccc1. The van der Waals surface area contributed by atoms with Crippen molar-refractivity contribution in [1.82, 2.24) is 9.88 Å². The highest BCUT2D eigenvalue weighted by atomic mass is 16.4. The van der Waals surface area contributed by atoms with Crippen LogP contribution in [-0.4, -0.2) is 34.6 Å². The number of carboxylic acids is 1. The van der Waals surface area contributed by atoms with Gasteiger partial charge >= 0.3 is 5.97 Å². The molecule has 0 bridgehead atoms. The lowest BCUT2D eigenvalue weighted by Crippen LogP contribution is -2.17. The number of carbonyl (C=O) groups is 1. The Bertz CT molecular complexity index is 626. The average molecular weight is 310 g/mol. The lowest BCUT2D eigenvalue weighted by atomic mass is 10.1. The third-order valence-electron chi connectivity index (χ3n) is 3.81. The molecule has 4 nitrogen and oxygen atoms in total. The molecule has 3 rings (SSSR count). The third-order valence-corrected chi connectivity index (χ3v) is 3.81. The van der Waals surface area contributed by atoms with Crippen LogP contribution in [0.25, 0.3) is 6.08 Å². The Balaban J connectivity index is 0.000000168. The molecule has 1 N–H and O–H groups in total. The molecule has 4 heteroatoms. The monoisotopic (exact) mass is 310 g/mol. The predicted octanol–water partition coefficient (Wildman–Crippen LogP) is 3.63. The van der Waals surface area contributed by atoms with E-state index < -0.39 is 5.97 Å². The van der Waals surface area contributed by atoms with Crippen LogP contribution in [-0.2, 0) is 4.79 Å².